The van der Waals surface area contributed by atoms with E-state index in [4.69, 9.17) is 23.2 Å². The van der Waals surface area contributed by atoms with E-state index in [0.717, 1.165) is 27.9 Å². The minimum absolute atomic E-state index is 0.526. The fourth-order valence-corrected chi connectivity index (χ4v) is 3.39. The molecule has 108 valence electrons. The van der Waals surface area contributed by atoms with Crippen LogP contribution in [0, 0.1) is 0 Å². The Hall–Kier alpha value is -1.36. The first-order valence-electron chi connectivity index (χ1n) is 6.56. The number of thiophene rings is 1. The molecule has 3 nitrogen and oxygen atoms in total. The molecule has 0 aliphatic heterocycles. The topological polar surface area (TPSA) is 37.8 Å². The highest BCUT2D eigenvalue weighted by Gasteiger charge is 2.13. The summed E-state index contributed by atoms with van der Waals surface area (Å²) in [6.45, 7) is 2.13. The molecule has 0 fully saturated rings. The Morgan fingerprint density at radius 2 is 1.95 bits per heavy atom. The molecular weight excluding hydrogens is 325 g/mol. The van der Waals surface area contributed by atoms with Gasteiger partial charge in [-0.1, -0.05) is 36.2 Å². The zero-order chi connectivity index (χ0) is 15.0. The molecular formula is C15H13Cl2N3S. The van der Waals surface area contributed by atoms with E-state index in [1.165, 1.54) is 4.88 Å². The maximum Gasteiger partial charge on any atom is 0.224 e. The molecule has 0 aliphatic carbocycles. The standard InChI is InChI=1S/C15H13Cl2N3S/c1-3-9-7-10-13(8-4-5-11(16)12(17)6-8)19-15(18-2)20-14(10)21-9/h4-7H,3H2,1-2H3,(H,18,19,20). The van der Waals surface area contributed by atoms with E-state index >= 15 is 0 Å². The summed E-state index contributed by atoms with van der Waals surface area (Å²) >= 11 is 13.8. The lowest BCUT2D eigenvalue weighted by molar-refractivity contribution is 1.19. The molecule has 0 unspecified atom stereocenters. The van der Waals surface area contributed by atoms with Gasteiger partial charge in [-0.15, -0.1) is 11.3 Å². The van der Waals surface area contributed by atoms with Gasteiger partial charge in [-0.05, 0) is 24.6 Å². The molecule has 0 atom stereocenters. The molecule has 1 aromatic carbocycles. The Kier molecular flexibility index (Phi) is 4.02. The molecule has 0 saturated heterocycles. The number of fused-ring (bicyclic) bond motifs is 1. The molecule has 6 heteroatoms. The van der Waals surface area contributed by atoms with Crippen LogP contribution in [0.25, 0.3) is 21.5 Å². The minimum atomic E-state index is 0.526. The number of hydrogen-bond donors (Lipinski definition) is 1. The average Bonchev–Trinajstić information content (AvgIpc) is 2.92. The molecule has 2 heterocycles. The van der Waals surface area contributed by atoms with Crippen LogP contribution in [-0.4, -0.2) is 17.0 Å². The number of anilines is 1. The van der Waals surface area contributed by atoms with Gasteiger partial charge in [-0.25, -0.2) is 9.97 Å². The number of hydrogen-bond acceptors (Lipinski definition) is 4. The first kappa shape index (κ1) is 14.6. The van der Waals surface area contributed by atoms with Gasteiger partial charge in [0.1, 0.15) is 4.83 Å². The summed E-state index contributed by atoms with van der Waals surface area (Å²) in [7, 11) is 1.81. The van der Waals surface area contributed by atoms with Crippen LogP contribution >= 0.6 is 34.5 Å². The van der Waals surface area contributed by atoms with Crippen molar-refractivity contribution in [3.05, 3.63) is 39.2 Å². The summed E-state index contributed by atoms with van der Waals surface area (Å²) in [5.41, 5.74) is 1.81. The fraction of sp³-hybridized carbons (Fsp3) is 0.200. The van der Waals surface area contributed by atoms with Crippen LogP contribution in [0.3, 0.4) is 0 Å². The van der Waals surface area contributed by atoms with E-state index in [-0.39, 0.29) is 0 Å². The fourth-order valence-electron chi connectivity index (χ4n) is 2.12. The summed E-state index contributed by atoms with van der Waals surface area (Å²) in [6, 6.07) is 7.71. The van der Waals surface area contributed by atoms with Crippen molar-refractivity contribution in [2.75, 3.05) is 12.4 Å². The van der Waals surface area contributed by atoms with E-state index in [1.807, 2.05) is 19.2 Å². The molecule has 3 aromatic rings. The van der Waals surface area contributed by atoms with Crippen molar-refractivity contribution in [1.29, 1.82) is 0 Å². The van der Waals surface area contributed by atoms with Crippen molar-refractivity contribution >= 4 is 50.7 Å². The van der Waals surface area contributed by atoms with Crippen LogP contribution in [0.4, 0.5) is 5.95 Å². The quantitative estimate of drug-likeness (QED) is 0.707. The molecule has 0 saturated carbocycles. The minimum Gasteiger partial charge on any atom is -0.357 e. The number of rotatable bonds is 3. The van der Waals surface area contributed by atoms with Gasteiger partial charge in [0.15, 0.2) is 0 Å². The molecule has 0 radical (unpaired) electrons. The second-order valence-corrected chi connectivity index (χ2v) is 6.49. The number of aryl methyl sites for hydroxylation is 1. The number of aromatic nitrogens is 2. The van der Waals surface area contributed by atoms with Crippen molar-refractivity contribution in [1.82, 2.24) is 9.97 Å². The van der Waals surface area contributed by atoms with Crippen molar-refractivity contribution in [2.45, 2.75) is 13.3 Å². The number of nitrogens with zero attached hydrogens (tertiary/aromatic N) is 2. The lowest BCUT2D eigenvalue weighted by Crippen LogP contribution is -1.97. The molecule has 3 rings (SSSR count). The van der Waals surface area contributed by atoms with Gasteiger partial charge in [0.05, 0.1) is 15.7 Å². The SMILES string of the molecule is CCc1cc2c(-c3ccc(Cl)c(Cl)c3)nc(NC)nc2s1. The first-order valence-corrected chi connectivity index (χ1v) is 8.13. The number of nitrogens with one attached hydrogen (secondary N) is 1. The highest BCUT2D eigenvalue weighted by molar-refractivity contribution is 7.18. The lowest BCUT2D eigenvalue weighted by atomic mass is 10.1. The Morgan fingerprint density at radius 3 is 2.62 bits per heavy atom. The van der Waals surface area contributed by atoms with Crippen molar-refractivity contribution in [3.8, 4) is 11.3 Å². The second-order valence-electron chi connectivity index (χ2n) is 4.56. The predicted octanol–water partition coefficient (Wildman–Crippen LogP) is 5.27. The maximum absolute atomic E-state index is 6.13. The van der Waals surface area contributed by atoms with Gasteiger partial charge >= 0.3 is 0 Å². The third kappa shape index (κ3) is 2.71. The summed E-state index contributed by atoms with van der Waals surface area (Å²) in [6.07, 6.45) is 0.983. The Balaban J connectivity index is 2.28. The summed E-state index contributed by atoms with van der Waals surface area (Å²) in [4.78, 5) is 11.4. The number of benzene rings is 1. The van der Waals surface area contributed by atoms with Crippen LogP contribution in [0.5, 0.6) is 0 Å². The molecule has 1 N–H and O–H groups in total. The molecule has 0 bridgehead atoms. The molecule has 0 spiro atoms. The van der Waals surface area contributed by atoms with Crippen molar-refractivity contribution in [3.63, 3.8) is 0 Å². The largest absolute Gasteiger partial charge is 0.357 e. The third-order valence-corrected chi connectivity index (χ3v) is 5.12. The lowest BCUT2D eigenvalue weighted by Gasteiger charge is -2.06. The maximum atomic E-state index is 6.13. The van der Waals surface area contributed by atoms with Crippen molar-refractivity contribution in [2.24, 2.45) is 0 Å². The van der Waals surface area contributed by atoms with Gasteiger partial charge in [0.2, 0.25) is 5.95 Å². The van der Waals surface area contributed by atoms with Gasteiger partial charge in [0.25, 0.3) is 0 Å². The van der Waals surface area contributed by atoms with Crippen LogP contribution in [0.1, 0.15) is 11.8 Å². The van der Waals surface area contributed by atoms with Gasteiger partial charge in [-0.3, -0.25) is 0 Å². The van der Waals surface area contributed by atoms with Crippen LogP contribution in [0.2, 0.25) is 10.0 Å². The summed E-state index contributed by atoms with van der Waals surface area (Å²) in [5.74, 6) is 0.605. The average molecular weight is 338 g/mol. The summed E-state index contributed by atoms with van der Waals surface area (Å²) in [5, 5.41) is 5.12. The summed E-state index contributed by atoms with van der Waals surface area (Å²) < 4.78 is 0. The zero-order valence-electron chi connectivity index (χ0n) is 11.6. The second kappa shape index (κ2) is 5.79. The first-order chi connectivity index (χ1) is 10.1. The monoisotopic (exact) mass is 337 g/mol. The Bertz CT molecular complexity index is 814. The smallest absolute Gasteiger partial charge is 0.224 e. The van der Waals surface area contributed by atoms with Crippen LogP contribution in [0.15, 0.2) is 24.3 Å². The Morgan fingerprint density at radius 1 is 1.14 bits per heavy atom. The molecule has 21 heavy (non-hydrogen) atoms. The molecule has 0 amide bonds. The van der Waals surface area contributed by atoms with E-state index in [0.29, 0.717) is 16.0 Å². The van der Waals surface area contributed by atoms with Crippen molar-refractivity contribution < 1.29 is 0 Å². The van der Waals surface area contributed by atoms with E-state index in [1.54, 1.807) is 17.4 Å². The molecule has 2 aromatic heterocycles. The highest BCUT2D eigenvalue weighted by atomic mass is 35.5. The zero-order valence-corrected chi connectivity index (χ0v) is 13.9. The normalized spacial score (nSPS) is 11.0. The Labute approximate surface area is 137 Å². The van der Waals surface area contributed by atoms with E-state index in [2.05, 4.69) is 28.3 Å². The van der Waals surface area contributed by atoms with E-state index < -0.39 is 0 Å². The predicted molar refractivity (Wildman–Crippen MR) is 91.8 cm³/mol. The third-order valence-electron chi connectivity index (χ3n) is 3.21. The van der Waals surface area contributed by atoms with Crippen LogP contribution in [-0.2, 0) is 6.42 Å². The van der Waals surface area contributed by atoms with Crippen LogP contribution < -0.4 is 5.32 Å². The van der Waals surface area contributed by atoms with Gasteiger partial charge < -0.3 is 5.32 Å². The van der Waals surface area contributed by atoms with Gasteiger partial charge in [-0.2, -0.15) is 0 Å². The molecule has 0 aliphatic rings. The van der Waals surface area contributed by atoms with E-state index in [9.17, 15) is 0 Å². The number of halogens is 2. The van der Waals surface area contributed by atoms with Gasteiger partial charge in [0, 0.05) is 22.9 Å². The highest BCUT2D eigenvalue weighted by Crippen LogP contribution is 2.35.